The van der Waals surface area contributed by atoms with Gasteiger partial charge in [0.1, 0.15) is 0 Å². The van der Waals surface area contributed by atoms with Crippen LogP contribution in [0.1, 0.15) is 30.5 Å². The quantitative estimate of drug-likeness (QED) is 0.777. The molecule has 1 aliphatic carbocycles. The lowest BCUT2D eigenvalue weighted by atomic mass is 9.82. The molecule has 0 radical (unpaired) electrons. The molecule has 0 spiro atoms. The molecule has 0 aliphatic heterocycles. The maximum absolute atomic E-state index is 3.28. The van der Waals surface area contributed by atoms with Crippen molar-refractivity contribution >= 4 is 5.69 Å². The van der Waals surface area contributed by atoms with Gasteiger partial charge in [0.2, 0.25) is 0 Å². The summed E-state index contributed by atoms with van der Waals surface area (Å²) in [6.07, 6.45) is 0. The monoisotopic (exact) mass is 237 g/mol. The van der Waals surface area contributed by atoms with Crippen LogP contribution in [0.5, 0.6) is 0 Å². The fourth-order valence-electron chi connectivity index (χ4n) is 3.13. The lowest BCUT2D eigenvalue weighted by Gasteiger charge is -2.22. The van der Waals surface area contributed by atoms with Crippen molar-refractivity contribution in [1.29, 1.82) is 0 Å². The predicted molar refractivity (Wildman–Crippen MR) is 78.3 cm³/mol. The van der Waals surface area contributed by atoms with Crippen molar-refractivity contribution in [3.05, 3.63) is 53.1 Å². The zero-order valence-corrected chi connectivity index (χ0v) is 11.5. The van der Waals surface area contributed by atoms with E-state index < -0.39 is 0 Å². The van der Waals surface area contributed by atoms with Gasteiger partial charge in [0.05, 0.1) is 0 Å². The molecule has 3 rings (SSSR count). The van der Waals surface area contributed by atoms with E-state index in [0.717, 1.165) is 0 Å². The lowest BCUT2D eigenvalue weighted by Crippen LogP contribution is -2.15. The first-order valence-electron chi connectivity index (χ1n) is 6.48. The molecular weight excluding hydrogens is 218 g/mol. The molecule has 1 nitrogen and oxygen atoms in total. The fourth-order valence-corrected chi connectivity index (χ4v) is 3.13. The summed E-state index contributed by atoms with van der Waals surface area (Å²) < 4.78 is 0. The average molecular weight is 237 g/mol. The molecule has 0 bridgehead atoms. The highest BCUT2D eigenvalue weighted by Crippen LogP contribution is 2.49. The number of benzene rings is 2. The summed E-state index contributed by atoms with van der Waals surface area (Å²) in [6.45, 7) is 6.80. The molecule has 0 atom stereocenters. The van der Waals surface area contributed by atoms with Crippen molar-refractivity contribution < 1.29 is 0 Å². The van der Waals surface area contributed by atoms with Crippen molar-refractivity contribution in [3.8, 4) is 11.1 Å². The minimum absolute atomic E-state index is 0.114. The van der Waals surface area contributed by atoms with Crippen LogP contribution >= 0.6 is 0 Å². The van der Waals surface area contributed by atoms with Crippen LogP contribution in [-0.2, 0) is 5.41 Å². The van der Waals surface area contributed by atoms with E-state index in [0.29, 0.717) is 0 Å². The van der Waals surface area contributed by atoms with Gasteiger partial charge in [-0.25, -0.2) is 0 Å². The number of hydrogen-bond acceptors (Lipinski definition) is 1. The Morgan fingerprint density at radius 1 is 0.944 bits per heavy atom. The van der Waals surface area contributed by atoms with Crippen LogP contribution in [0.25, 0.3) is 11.1 Å². The Kier molecular flexibility index (Phi) is 2.28. The second-order valence-corrected chi connectivity index (χ2v) is 5.63. The molecule has 0 aromatic heterocycles. The molecule has 1 heteroatoms. The van der Waals surface area contributed by atoms with Crippen LogP contribution in [-0.4, -0.2) is 7.05 Å². The van der Waals surface area contributed by atoms with Crippen molar-refractivity contribution in [1.82, 2.24) is 0 Å². The van der Waals surface area contributed by atoms with Crippen LogP contribution < -0.4 is 5.32 Å². The molecule has 0 heterocycles. The van der Waals surface area contributed by atoms with E-state index in [2.05, 4.69) is 62.5 Å². The SMILES string of the molecule is CNc1cc2c(cc1C)C(C)(C)c1ccccc1-2. The van der Waals surface area contributed by atoms with Gasteiger partial charge in [-0.3, -0.25) is 0 Å². The van der Waals surface area contributed by atoms with Crippen LogP contribution in [0.15, 0.2) is 36.4 Å². The molecular formula is C17H19N. The summed E-state index contributed by atoms with van der Waals surface area (Å²) in [5, 5.41) is 3.28. The first-order chi connectivity index (χ1) is 8.55. The highest BCUT2D eigenvalue weighted by Gasteiger charge is 2.35. The molecule has 2 aromatic carbocycles. The second-order valence-electron chi connectivity index (χ2n) is 5.63. The number of hydrogen-bond donors (Lipinski definition) is 1. The van der Waals surface area contributed by atoms with Crippen LogP contribution in [0.2, 0.25) is 0 Å². The van der Waals surface area contributed by atoms with Gasteiger partial charge in [-0.1, -0.05) is 44.2 Å². The van der Waals surface area contributed by atoms with Crippen molar-refractivity contribution in [2.75, 3.05) is 12.4 Å². The van der Waals surface area contributed by atoms with E-state index in [-0.39, 0.29) is 5.41 Å². The molecule has 18 heavy (non-hydrogen) atoms. The second kappa shape index (κ2) is 3.61. The maximum Gasteiger partial charge on any atom is 0.0373 e. The highest BCUT2D eigenvalue weighted by molar-refractivity contribution is 5.83. The summed E-state index contributed by atoms with van der Waals surface area (Å²) in [4.78, 5) is 0. The van der Waals surface area contributed by atoms with Crippen LogP contribution in [0.3, 0.4) is 0 Å². The molecule has 0 unspecified atom stereocenters. The van der Waals surface area contributed by atoms with Crippen molar-refractivity contribution in [2.24, 2.45) is 0 Å². The Bertz CT molecular complexity index is 624. The number of fused-ring (bicyclic) bond motifs is 3. The third kappa shape index (κ3) is 1.34. The van der Waals surface area contributed by atoms with Gasteiger partial charge in [-0.15, -0.1) is 0 Å². The molecule has 92 valence electrons. The summed E-state index contributed by atoms with van der Waals surface area (Å²) in [5.74, 6) is 0. The van der Waals surface area contributed by atoms with E-state index in [4.69, 9.17) is 0 Å². The number of anilines is 1. The van der Waals surface area contributed by atoms with Crippen molar-refractivity contribution in [3.63, 3.8) is 0 Å². The fraction of sp³-hybridized carbons (Fsp3) is 0.294. The first kappa shape index (κ1) is 11.3. The molecule has 1 N–H and O–H groups in total. The molecule has 0 fully saturated rings. The summed E-state index contributed by atoms with van der Waals surface area (Å²) in [5.41, 5.74) is 8.30. The third-order valence-corrected chi connectivity index (χ3v) is 4.20. The lowest BCUT2D eigenvalue weighted by molar-refractivity contribution is 0.660. The predicted octanol–water partition coefficient (Wildman–Crippen LogP) is 4.34. The third-order valence-electron chi connectivity index (χ3n) is 4.20. The largest absolute Gasteiger partial charge is 0.388 e. The highest BCUT2D eigenvalue weighted by atomic mass is 14.8. The van der Waals surface area contributed by atoms with Gasteiger partial charge in [0, 0.05) is 18.2 Å². The van der Waals surface area contributed by atoms with Gasteiger partial charge < -0.3 is 5.32 Å². The van der Waals surface area contributed by atoms with E-state index in [1.165, 1.54) is 33.5 Å². The number of rotatable bonds is 1. The molecule has 1 aliphatic rings. The zero-order valence-electron chi connectivity index (χ0n) is 11.5. The van der Waals surface area contributed by atoms with Gasteiger partial charge in [0.25, 0.3) is 0 Å². The van der Waals surface area contributed by atoms with Crippen molar-refractivity contribution in [2.45, 2.75) is 26.2 Å². The summed E-state index contributed by atoms with van der Waals surface area (Å²) in [6, 6.07) is 13.4. The zero-order chi connectivity index (χ0) is 12.9. The minimum Gasteiger partial charge on any atom is -0.388 e. The minimum atomic E-state index is 0.114. The normalized spacial score (nSPS) is 15.1. The van der Waals surface area contributed by atoms with Gasteiger partial charge in [0.15, 0.2) is 0 Å². The Morgan fingerprint density at radius 3 is 2.39 bits per heavy atom. The molecule has 0 saturated carbocycles. The summed E-state index contributed by atoms with van der Waals surface area (Å²) >= 11 is 0. The Hall–Kier alpha value is -1.76. The molecule has 2 aromatic rings. The Labute approximate surface area is 109 Å². The maximum atomic E-state index is 3.28. The van der Waals surface area contributed by atoms with Crippen LogP contribution in [0.4, 0.5) is 5.69 Å². The standard InChI is InChI=1S/C17H19N/c1-11-9-15-13(10-16(11)18-4)12-7-5-6-8-14(12)17(15,2)3/h5-10,18H,1-4H3. The van der Waals surface area contributed by atoms with E-state index in [1.54, 1.807) is 0 Å². The number of nitrogens with one attached hydrogen (secondary N) is 1. The number of aryl methyl sites for hydroxylation is 1. The van der Waals surface area contributed by atoms with Gasteiger partial charge in [-0.2, -0.15) is 0 Å². The average Bonchev–Trinajstić information content (AvgIpc) is 2.58. The van der Waals surface area contributed by atoms with Crippen LogP contribution in [0, 0.1) is 6.92 Å². The van der Waals surface area contributed by atoms with Gasteiger partial charge in [-0.05, 0) is 40.8 Å². The van der Waals surface area contributed by atoms with E-state index in [9.17, 15) is 0 Å². The first-order valence-corrected chi connectivity index (χ1v) is 6.48. The molecule has 0 amide bonds. The van der Waals surface area contributed by atoms with E-state index in [1.807, 2.05) is 7.05 Å². The van der Waals surface area contributed by atoms with E-state index >= 15 is 0 Å². The topological polar surface area (TPSA) is 12.0 Å². The smallest absolute Gasteiger partial charge is 0.0373 e. The molecule has 0 saturated heterocycles. The summed E-state index contributed by atoms with van der Waals surface area (Å²) in [7, 11) is 1.99. The Balaban J connectivity index is 2.36. The Morgan fingerprint density at radius 2 is 1.67 bits per heavy atom. The van der Waals surface area contributed by atoms with Gasteiger partial charge >= 0.3 is 0 Å².